The largest absolute Gasteiger partial charge is 0.490 e. The van der Waals surface area contributed by atoms with E-state index in [9.17, 15) is 18.0 Å². The SMILES string of the molecule is CN1C[C@@H]2C[C@H](CC(=O)NCc3cccs3)O[C@@H]2C1.O=C(O)C(F)(F)F. The Morgan fingerprint density at radius 1 is 1.42 bits per heavy atom. The number of halogens is 3. The predicted molar refractivity (Wildman–Crippen MR) is 88.7 cm³/mol. The Bertz CT molecular complexity index is 595. The van der Waals surface area contributed by atoms with Gasteiger partial charge in [-0.3, -0.25) is 4.79 Å². The number of aliphatic carboxylic acids is 1. The summed E-state index contributed by atoms with van der Waals surface area (Å²) in [6.07, 6.45) is -3.09. The van der Waals surface area contributed by atoms with Gasteiger partial charge in [-0.2, -0.15) is 13.2 Å². The second kappa shape index (κ2) is 8.83. The Morgan fingerprint density at radius 3 is 2.65 bits per heavy atom. The Balaban J connectivity index is 0.000000298. The summed E-state index contributed by atoms with van der Waals surface area (Å²) >= 11 is 1.67. The van der Waals surface area contributed by atoms with Gasteiger partial charge in [0.05, 0.1) is 25.2 Å². The van der Waals surface area contributed by atoms with Crippen molar-refractivity contribution >= 4 is 23.2 Å². The molecule has 0 unspecified atom stereocenters. The number of ether oxygens (including phenoxy) is 1. The maximum absolute atomic E-state index is 11.9. The molecule has 2 N–H and O–H groups in total. The maximum atomic E-state index is 11.9. The molecule has 3 rings (SSSR count). The summed E-state index contributed by atoms with van der Waals surface area (Å²) in [6, 6.07) is 4.04. The van der Waals surface area contributed by atoms with E-state index in [1.165, 1.54) is 4.88 Å². The van der Waals surface area contributed by atoms with Crippen LogP contribution in [0.25, 0.3) is 0 Å². The molecule has 146 valence electrons. The van der Waals surface area contributed by atoms with Crippen LogP contribution in [-0.4, -0.2) is 60.4 Å². The first-order chi connectivity index (χ1) is 12.1. The van der Waals surface area contributed by atoms with E-state index < -0.39 is 12.1 Å². The molecule has 0 spiro atoms. The fraction of sp³-hybridized carbons (Fsp3) is 0.625. The van der Waals surface area contributed by atoms with Crippen molar-refractivity contribution in [3.8, 4) is 0 Å². The van der Waals surface area contributed by atoms with Gasteiger partial charge in [0.15, 0.2) is 0 Å². The molecule has 1 aromatic heterocycles. The van der Waals surface area contributed by atoms with Crippen molar-refractivity contribution in [3.63, 3.8) is 0 Å². The molecule has 6 nitrogen and oxygen atoms in total. The minimum Gasteiger partial charge on any atom is -0.475 e. The second-order valence-electron chi connectivity index (χ2n) is 6.38. The zero-order valence-corrected chi connectivity index (χ0v) is 15.0. The van der Waals surface area contributed by atoms with Crippen molar-refractivity contribution in [2.24, 2.45) is 5.92 Å². The highest BCUT2D eigenvalue weighted by Gasteiger charge is 2.41. The van der Waals surface area contributed by atoms with Crippen molar-refractivity contribution in [1.82, 2.24) is 10.2 Å². The molecule has 0 bridgehead atoms. The van der Waals surface area contributed by atoms with Crippen LogP contribution in [0.5, 0.6) is 0 Å². The third kappa shape index (κ3) is 6.26. The number of carbonyl (C=O) groups is 2. The number of nitrogens with zero attached hydrogens (tertiary/aromatic N) is 1. The molecule has 2 fully saturated rings. The number of likely N-dealkylation sites (tertiary alicyclic amines) is 1. The average Bonchev–Trinajstić information content (AvgIpc) is 3.21. The van der Waals surface area contributed by atoms with Gasteiger partial charge in [0, 0.05) is 23.9 Å². The standard InChI is InChI=1S/C14H20N2O2S.C2HF3O2/c1-16-8-10-5-11(18-13(10)9-16)6-14(17)15-7-12-3-2-4-19-12;3-2(4,5)1(6)7/h2-4,10-11,13H,5-9H2,1H3,(H,15,17);(H,6,7)/t10-,11+,13+;/m0./s1. The number of fused-ring (bicyclic) bond motifs is 1. The first-order valence-corrected chi connectivity index (χ1v) is 8.96. The summed E-state index contributed by atoms with van der Waals surface area (Å²) in [5.74, 6) is -2.03. The number of hydrogen-bond acceptors (Lipinski definition) is 5. The van der Waals surface area contributed by atoms with E-state index in [1.54, 1.807) is 11.3 Å². The molecule has 1 amide bonds. The molecule has 1 aromatic rings. The fourth-order valence-electron chi connectivity index (χ4n) is 3.08. The van der Waals surface area contributed by atoms with Crippen molar-refractivity contribution in [2.75, 3.05) is 20.1 Å². The zero-order chi connectivity index (χ0) is 19.3. The zero-order valence-electron chi connectivity index (χ0n) is 14.2. The van der Waals surface area contributed by atoms with Crippen molar-refractivity contribution in [3.05, 3.63) is 22.4 Å². The third-order valence-electron chi connectivity index (χ3n) is 4.19. The van der Waals surface area contributed by atoms with Gasteiger partial charge in [-0.05, 0) is 24.9 Å². The molecule has 2 saturated heterocycles. The number of carbonyl (C=O) groups excluding carboxylic acids is 1. The van der Waals surface area contributed by atoms with Crippen LogP contribution in [0.2, 0.25) is 0 Å². The molecule has 26 heavy (non-hydrogen) atoms. The Hall–Kier alpha value is -1.65. The normalized spacial score (nSPS) is 25.3. The van der Waals surface area contributed by atoms with E-state index in [0.29, 0.717) is 25.0 Å². The van der Waals surface area contributed by atoms with E-state index in [-0.39, 0.29) is 12.0 Å². The van der Waals surface area contributed by atoms with E-state index in [4.69, 9.17) is 14.6 Å². The van der Waals surface area contributed by atoms with Crippen LogP contribution in [0.3, 0.4) is 0 Å². The molecule has 3 atom stereocenters. The molecular formula is C16H21F3N2O4S. The van der Waals surface area contributed by atoms with Gasteiger partial charge in [0.1, 0.15) is 0 Å². The molecule has 2 aliphatic rings. The molecule has 0 aliphatic carbocycles. The number of likely N-dealkylation sites (N-methyl/N-ethyl adjacent to an activating group) is 1. The second-order valence-corrected chi connectivity index (χ2v) is 7.41. The summed E-state index contributed by atoms with van der Waals surface area (Å²) in [6.45, 7) is 2.76. The lowest BCUT2D eigenvalue weighted by molar-refractivity contribution is -0.192. The van der Waals surface area contributed by atoms with Crippen LogP contribution in [-0.2, 0) is 20.9 Å². The lowest BCUT2D eigenvalue weighted by Gasteiger charge is -2.14. The lowest BCUT2D eigenvalue weighted by Crippen LogP contribution is -2.28. The predicted octanol–water partition coefficient (Wildman–Crippen LogP) is 2.11. The quantitative estimate of drug-likeness (QED) is 0.818. The Morgan fingerprint density at radius 2 is 2.12 bits per heavy atom. The first kappa shape index (κ1) is 20.7. The summed E-state index contributed by atoms with van der Waals surface area (Å²) < 4.78 is 37.7. The van der Waals surface area contributed by atoms with Gasteiger partial charge in [0.2, 0.25) is 5.91 Å². The number of alkyl halides is 3. The van der Waals surface area contributed by atoms with E-state index in [0.717, 1.165) is 19.5 Å². The van der Waals surface area contributed by atoms with Crippen LogP contribution in [0.4, 0.5) is 13.2 Å². The number of carboxylic acid groups (broad SMARTS) is 1. The highest BCUT2D eigenvalue weighted by molar-refractivity contribution is 7.09. The van der Waals surface area contributed by atoms with E-state index in [1.807, 2.05) is 17.5 Å². The maximum Gasteiger partial charge on any atom is 0.490 e. The number of thiophene rings is 1. The van der Waals surface area contributed by atoms with Crippen LogP contribution in [0, 0.1) is 5.92 Å². The lowest BCUT2D eigenvalue weighted by atomic mass is 10.0. The number of nitrogens with one attached hydrogen (secondary N) is 1. The molecule has 0 aromatic carbocycles. The summed E-state index contributed by atoms with van der Waals surface area (Å²) in [7, 11) is 2.13. The van der Waals surface area contributed by atoms with Gasteiger partial charge in [-0.25, -0.2) is 4.79 Å². The van der Waals surface area contributed by atoms with Crippen molar-refractivity contribution in [1.29, 1.82) is 0 Å². The van der Waals surface area contributed by atoms with Gasteiger partial charge in [-0.1, -0.05) is 6.07 Å². The highest BCUT2D eigenvalue weighted by Crippen LogP contribution is 2.33. The van der Waals surface area contributed by atoms with Gasteiger partial charge >= 0.3 is 12.1 Å². The number of hydrogen-bond donors (Lipinski definition) is 2. The summed E-state index contributed by atoms with van der Waals surface area (Å²) in [4.78, 5) is 24.3. The van der Waals surface area contributed by atoms with E-state index in [2.05, 4.69) is 17.3 Å². The van der Waals surface area contributed by atoms with Gasteiger partial charge in [0.25, 0.3) is 0 Å². The smallest absolute Gasteiger partial charge is 0.475 e. The monoisotopic (exact) mass is 394 g/mol. The molecule has 2 aliphatic heterocycles. The van der Waals surface area contributed by atoms with Crippen molar-refractivity contribution in [2.45, 2.75) is 37.8 Å². The van der Waals surface area contributed by atoms with Gasteiger partial charge < -0.3 is 20.1 Å². The molecule has 0 radical (unpaired) electrons. The minimum atomic E-state index is -5.08. The Labute approximate surface area is 152 Å². The van der Waals surface area contributed by atoms with Crippen LogP contribution in [0.15, 0.2) is 17.5 Å². The minimum absolute atomic E-state index is 0.103. The molecule has 3 heterocycles. The van der Waals surface area contributed by atoms with Gasteiger partial charge in [-0.15, -0.1) is 11.3 Å². The Kier molecular flexibility index (Phi) is 7.01. The first-order valence-electron chi connectivity index (χ1n) is 8.08. The highest BCUT2D eigenvalue weighted by atomic mass is 32.1. The molecular weight excluding hydrogens is 373 g/mol. The summed E-state index contributed by atoms with van der Waals surface area (Å²) in [5, 5.41) is 12.1. The topological polar surface area (TPSA) is 78.9 Å². The molecule has 10 heteroatoms. The average molecular weight is 394 g/mol. The number of amides is 1. The number of carboxylic acids is 1. The van der Waals surface area contributed by atoms with Crippen molar-refractivity contribution < 1.29 is 32.6 Å². The van der Waals surface area contributed by atoms with E-state index >= 15 is 0 Å². The van der Waals surface area contributed by atoms with Crippen LogP contribution < -0.4 is 5.32 Å². The fourth-order valence-corrected chi connectivity index (χ4v) is 3.72. The molecule has 0 saturated carbocycles. The number of rotatable bonds is 4. The third-order valence-corrected chi connectivity index (χ3v) is 5.07. The summed E-state index contributed by atoms with van der Waals surface area (Å²) in [5.41, 5.74) is 0. The van der Waals surface area contributed by atoms with Crippen LogP contribution >= 0.6 is 11.3 Å². The van der Waals surface area contributed by atoms with Crippen LogP contribution in [0.1, 0.15) is 17.7 Å².